The molecule has 0 spiro atoms. The number of rotatable bonds is 9. The van der Waals surface area contributed by atoms with Gasteiger partial charge in [0, 0.05) is 17.7 Å². The van der Waals surface area contributed by atoms with Gasteiger partial charge in [-0.15, -0.1) is 0 Å². The molecule has 20 heteroatoms. The van der Waals surface area contributed by atoms with Crippen molar-refractivity contribution in [1.82, 2.24) is 0 Å². The monoisotopic (exact) mass is 756 g/mol. The molecule has 3 aliphatic rings. The molecule has 2 aromatic carbocycles. The average molecular weight is 757 g/mol. The zero-order valence-electron chi connectivity index (χ0n) is 28.0. The molecular weight excluding hydrogens is 716 g/mol. The number of benzene rings is 2. The van der Waals surface area contributed by atoms with Gasteiger partial charge in [-0.05, 0) is 25.1 Å². The van der Waals surface area contributed by atoms with Gasteiger partial charge in [-0.2, -0.15) is 0 Å². The number of phenolic OH excluding ortho intramolecular Hbond substituents is 3. The first-order chi connectivity index (χ1) is 25.1. The van der Waals surface area contributed by atoms with Crippen molar-refractivity contribution in [3.63, 3.8) is 0 Å². The van der Waals surface area contributed by atoms with Crippen molar-refractivity contribution in [2.75, 3.05) is 20.3 Å². The molecule has 3 aromatic rings. The van der Waals surface area contributed by atoms with Crippen LogP contribution in [-0.4, -0.2) is 163 Å². The minimum Gasteiger partial charge on any atom is -0.508 e. The molecule has 3 saturated heterocycles. The van der Waals surface area contributed by atoms with Crippen LogP contribution in [0.25, 0.3) is 22.3 Å². The predicted molar refractivity (Wildman–Crippen MR) is 172 cm³/mol. The number of hydrogen-bond donors (Lipinski definition) is 11. The van der Waals surface area contributed by atoms with Crippen LogP contribution in [0.4, 0.5) is 0 Å². The molecule has 14 atom stereocenters. The minimum absolute atomic E-state index is 0.0478. The fraction of sp³-hybridized carbons (Fsp3) is 0.545. The standard InChI is InChI=1S/C33H40O20/c1-10-20(38)24(42)27(45)31(49-10)48-9-18-22(40)25(43)30(53-32-26(44)21(39)15(37)8-47-32)33(51-18)52-29-23(41)19-14(36)6-12(34)7-17(19)50-28(29)11-3-4-13(35)16(5-11)46-2/h3-7,10,15,18,20-22,24-27,30-40,42-45H,8-9H2,1-2H3/t10-,15-,18-,20-,21+,22-,24+,25-,26-,27+,30-,31?,32?,33?/m1/s1. The second kappa shape index (κ2) is 15.5. The number of fused-ring (bicyclic) bond motifs is 1. The lowest BCUT2D eigenvalue weighted by Gasteiger charge is -2.45. The lowest BCUT2D eigenvalue weighted by atomic mass is 9.98. The highest BCUT2D eigenvalue weighted by Crippen LogP contribution is 2.40. The highest BCUT2D eigenvalue weighted by atomic mass is 16.8. The molecule has 0 saturated carbocycles. The molecule has 3 aliphatic heterocycles. The summed E-state index contributed by atoms with van der Waals surface area (Å²) in [4.78, 5) is 14.1. The summed E-state index contributed by atoms with van der Waals surface area (Å²) in [7, 11) is 1.26. The van der Waals surface area contributed by atoms with E-state index in [1.807, 2.05) is 0 Å². The summed E-state index contributed by atoms with van der Waals surface area (Å²) in [5.41, 5.74) is -1.30. The summed E-state index contributed by atoms with van der Waals surface area (Å²) in [6, 6.07) is 5.68. The second-order valence-electron chi connectivity index (χ2n) is 12.8. The number of aliphatic hydroxyl groups excluding tert-OH is 8. The predicted octanol–water partition coefficient (Wildman–Crippen LogP) is -2.92. The first-order valence-corrected chi connectivity index (χ1v) is 16.3. The molecule has 3 unspecified atom stereocenters. The molecule has 0 amide bonds. The van der Waals surface area contributed by atoms with Gasteiger partial charge in [-0.25, -0.2) is 0 Å². The van der Waals surface area contributed by atoms with E-state index >= 15 is 0 Å². The van der Waals surface area contributed by atoms with Crippen molar-refractivity contribution >= 4 is 11.0 Å². The molecule has 6 rings (SSSR count). The van der Waals surface area contributed by atoms with E-state index < -0.39 is 127 Å². The SMILES string of the molecule is COc1cc(-c2oc3cc(O)cc(O)c3c(=O)c2OC2O[C@H](COC3O[C@H](C)[C@@H](O)[C@H](O)[C@@H]3O)[C@@H](O)[C@@H](O)[C@H]2OC2OC[C@@H](O)[C@H](O)[C@H]2O)ccc1O. The van der Waals surface area contributed by atoms with Gasteiger partial charge in [0.15, 0.2) is 35.9 Å². The van der Waals surface area contributed by atoms with Crippen LogP contribution in [0.5, 0.6) is 28.7 Å². The lowest BCUT2D eigenvalue weighted by Crippen LogP contribution is -2.64. The Morgan fingerprint density at radius 2 is 1.49 bits per heavy atom. The molecule has 11 N–H and O–H groups in total. The van der Waals surface area contributed by atoms with Gasteiger partial charge >= 0.3 is 0 Å². The molecule has 0 radical (unpaired) electrons. The third kappa shape index (κ3) is 7.47. The zero-order chi connectivity index (χ0) is 38.5. The summed E-state index contributed by atoms with van der Waals surface area (Å²) in [5.74, 6) is -2.62. The van der Waals surface area contributed by atoms with Crippen molar-refractivity contribution in [3.05, 3.63) is 40.6 Å². The Bertz CT molecular complexity index is 1820. The number of phenols is 3. The largest absolute Gasteiger partial charge is 0.508 e. The Labute approximate surface area is 298 Å². The van der Waals surface area contributed by atoms with Gasteiger partial charge in [0.05, 0.1) is 26.4 Å². The molecule has 0 bridgehead atoms. The number of aliphatic hydroxyl groups is 8. The van der Waals surface area contributed by atoms with Crippen molar-refractivity contribution < 1.29 is 93.7 Å². The van der Waals surface area contributed by atoms with E-state index in [-0.39, 0.29) is 28.4 Å². The van der Waals surface area contributed by atoms with E-state index in [9.17, 15) is 61.0 Å². The van der Waals surface area contributed by atoms with Crippen molar-refractivity contribution in [1.29, 1.82) is 0 Å². The summed E-state index contributed by atoms with van der Waals surface area (Å²) in [6.45, 7) is 0.210. The number of ether oxygens (including phenoxy) is 7. The topological polar surface area (TPSA) is 317 Å². The smallest absolute Gasteiger partial charge is 0.239 e. The Kier molecular flexibility index (Phi) is 11.3. The van der Waals surface area contributed by atoms with E-state index in [0.717, 1.165) is 12.1 Å². The number of hydrogen-bond acceptors (Lipinski definition) is 20. The normalized spacial score (nSPS) is 36.3. The van der Waals surface area contributed by atoms with E-state index in [1.165, 1.54) is 32.2 Å². The lowest BCUT2D eigenvalue weighted by molar-refractivity contribution is -0.352. The maximum absolute atomic E-state index is 14.1. The minimum atomic E-state index is -2.01. The third-order valence-electron chi connectivity index (χ3n) is 9.22. The van der Waals surface area contributed by atoms with Gasteiger partial charge in [-0.1, -0.05) is 0 Å². The van der Waals surface area contributed by atoms with Crippen LogP contribution in [0, 0.1) is 0 Å². The van der Waals surface area contributed by atoms with Crippen LogP contribution in [0.3, 0.4) is 0 Å². The first-order valence-electron chi connectivity index (χ1n) is 16.3. The maximum Gasteiger partial charge on any atom is 0.239 e. The average Bonchev–Trinajstić information content (AvgIpc) is 3.12. The second-order valence-corrected chi connectivity index (χ2v) is 12.8. The van der Waals surface area contributed by atoms with Crippen LogP contribution >= 0.6 is 0 Å². The molecule has 292 valence electrons. The maximum atomic E-state index is 14.1. The zero-order valence-corrected chi connectivity index (χ0v) is 28.0. The fourth-order valence-electron chi connectivity index (χ4n) is 6.18. The highest BCUT2D eigenvalue weighted by molar-refractivity contribution is 5.88. The number of aromatic hydroxyl groups is 3. The van der Waals surface area contributed by atoms with Crippen LogP contribution in [-0.2, 0) is 23.7 Å². The van der Waals surface area contributed by atoms with Crippen molar-refractivity contribution in [2.45, 2.75) is 92.9 Å². The summed E-state index contributed by atoms with van der Waals surface area (Å²) in [6.07, 6.45) is -23.7. The fourth-order valence-corrected chi connectivity index (χ4v) is 6.18. The molecule has 53 heavy (non-hydrogen) atoms. The molecule has 0 aliphatic carbocycles. The summed E-state index contributed by atoms with van der Waals surface area (Å²) < 4.78 is 45.2. The van der Waals surface area contributed by atoms with Crippen LogP contribution in [0.15, 0.2) is 39.5 Å². The Balaban J connectivity index is 1.40. The molecule has 3 fully saturated rings. The Hall–Kier alpha value is -3.87. The van der Waals surface area contributed by atoms with E-state index in [1.54, 1.807) is 0 Å². The highest BCUT2D eigenvalue weighted by Gasteiger charge is 2.51. The number of methoxy groups -OCH3 is 1. The van der Waals surface area contributed by atoms with Gasteiger partial charge in [-0.3, -0.25) is 4.79 Å². The van der Waals surface area contributed by atoms with Gasteiger partial charge in [0.25, 0.3) is 0 Å². The van der Waals surface area contributed by atoms with Crippen LogP contribution < -0.4 is 14.9 Å². The van der Waals surface area contributed by atoms with E-state index in [4.69, 9.17) is 37.6 Å². The quantitative estimate of drug-likeness (QED) is 0.104. The van der Waals surface area contributed by atoms with Crippen molar-refractivity contribution in [3.8, 4) is 40.1 Å². The Morgan fingerprint density at radius 3 is 2.21 bits per heavy atom. The molecule has 4 heterocycles. The molecule has 1 aromatic heterocycles. The van der Waals surface area contributed by atoms with E-state index in [2.05, 4.69) is 0 Å². The summed E-state index contributed by atoms with van der Waals surface area (Å²) in [5, 5.41) is 114. The Morgan fingerprint density at radius 1 is 0.774 bits per heavy atom. The van der Waals surface area contributed by atoms with Crippen LogP contribution in [0.1, 0.15) is 6.92 Å². The van der Waals surface area contributed by atoms with Gasteiger partial charge in [0.1, 0.15) is 77.4 Å². The van der Waals surface area contributed by atoms with Crippen molar-refractivity contribution in [2.24, 2.45) is 0 Å². The van der Waals surface area contributed by atoms with E-state index in [0.29, 0.717) is 0 Å². The molecular formula is C33H40O20. The third-order valence-corrected chi connectivity index (χ3v) is 9.22. The summed E-state index contributed by atoms with van der Waals surface area (Å²) >= 11 is 0. The first kappa shape index (κ1) is 38.8. The van der Waals surface area contributed by atoms with Gasteiger partial charge in [0.2, 0.25) is 17.5 Å². The van der Waals surface area contributed by atoms with Crippen LogP contribution in [0.2, 0.25) is 0 Å². The van der Waals surface area contributed by atoms with Gasteiger partial charge < -0.3 is 93.7 Å². The molecule has 20 nitrogen and oxygen atoms in total.